The quantitative estimate of drug-likeness (QED) is 0.799. The fourth-order valence-electron chi connectivity index (χ4n) is 4.51. The molecule has 1 saturated heterocycles. The van der Waals surface area contributed by atoms with Gasteiger partial charge in [0.15, 0.2) is 0 Å². The van der Waals surface area contributed by atoms with Gasteiger partial charge in [0.1, 0.15) is 0 Å². The Bertz CT molecular complexity index is 398. The topological polar surface area (TPSA) is 40.6 Å². The average Bonchev–Trinajstić information content (AvgIpc) is 3.20. The molecule has 4 nitrogen and oxygen atoms in total. The zero-order chi connectivity index (χ0) is 14.8. The number of hydrogen-bond acceptors (Lipinski definition) is 2. The predicted octanol–water partition coefficient (Wildman–Crippen LogP) is 2.57. The summed E-state index contributed by atoms with van der Waals surface area (Å²) >= 11 is 0. The van der Waals surface area contributed by atoms with Crippen molar-refractivity contribution in [3.05, 3.63) is 0 Å². The van der Waals surface area contributed by atoms with Crippen molar-refractivity contribution >= 4 is 11.8 Å². The molecule has 0 spiro atoms. The molecule has 0 radical (unpaired) electrons. The maximum Gasteiger partial charge on any atom is 0.228 e. The lowest BCUT2D eigenvalue weighted by Crippen LogP contribution is -2.43. The maximum atomic E-state index is 12.8. The summed E-state index contributed by atoms with van der Waals surface area (Å²) < 4.78 is 0. The summed E-state index contributed by atoms with van der Waals surface area (Å²) in [4.78, 5) is 29.2. The van der Waals surface area contributed by atoms with Crippen LogP contribution in [0.15, 0.2) is 0 Å². The summed E-state index contributed by atoms with van der Waals surface area (Å²) in [5, 5.41) is 0. The SMILES string of the molecule is CCN(C(=O)C1CC(=O)N(C2CCCC2)C1)C1CCCC1. The highest BCUT2D eigenvalue weighted by Gasteiger charge is 2.41. The van der Waals surface area contributed by atoms with Crippen molar-refractivity contribution in [2.45, 2.75) is 76.8 Å². The molecule has 3 fully saturated rings. The van der Waals surface area contributed by atoms with Gasteiger partial charge < -0.3 is 9.80 Å². The second-order valence-corrected chi connectivity index (χ2v) is 6.95. The van der Waals surface area contributed by atoms with E-state index >= 15 is 0 Å². The third-order valence-corrected chi connectivity index (χ3v) is 5.66. The van der Waals surface area contributed by atoms with Gasteiger partial charge in [0.05, 0.1) is 5.92 Å². The molecule has 0 aromatic rings. The van der Waals surface area contributed by atoms with E-state index in [0.717, 1.165) is 32.2 Å². The number of nitrogens with zero attached hydrogens (tertiary/aromatic N) is 2. The van der Waals surface area contributed by atoms with Gasteiger partial charge in [-0.05, 0) is 32.6 Å². The van der Waals surface area contributed by atoms with Crippen LogP contribution in [0.5, 0.6) is 0 Å². The summed E-state index contributed by atoms with van der Waals surface area (Å²) in [7, 11) is 0. The Morgan fingerprint density at radius 1 is 1.14 bits per heavy atom. The third-order valence-electron chi connectivity index (χ3n) is 5.66. The van der Waals surface area contributed by atoms with Gasteiger partial charge in [-0.15, -0.1) is 0 Å². The van der Waals surface area contributed by atoms with Crippen molar-refractivity contribution in [3.8, 4) is 0 Å². The van der Waals surface area contributed by atoms with Crippen molar-refractivity contribution in [2.75, 3.05) is 13.1 Å². The normalized spacial score (nSPS) is 27.8. The number of hydrogen-bond donors (Lipinski definition) is 0. The first-order valence-electron chi connectivity index (χ1n) is 8.80. The number of amides is 2. The highest BCUT2D eigenvalue weighted by molar-refractivity contribution is 5.89. The molecule has 1 heterocycles. The summed E-state index contributed by atoms with van der Waals surface area (Å²) in [6.07, 6.45) is 9.95. The van der Waals surface area contributed by atoms with Crippen LogP contribution in [0, 0.1) is 5.92 Å². The van der Waals surface area contributed by atoms with E-state index in [0.29, 0.717) is 25.0 Å². The largest absolute Gasteiger partial charge is 0.340 e. The van der Waals surface area contributed by atoms with Crippen LogP contribution in [0.3, 0.4) is 0 Å². The monoisotopic (exact) mass is 292 g/mol. The Morgan fingerprint density at radius 2 is 1.76 bits per heavy atom. The summed E-state index contributed by atoms with van der Waals surface area (Å²) in [6, 6.07) is 0.843. The standard InChI is InChI=1S/C17H28N2O2/c1-2-18(14-7-3-4-8-14)17(21)13-11-16(20)19(12-13)15-9-5-6-10-15/h13-15H,2-12H2,1H3. The van der Waals surface area contributed by atoms with Crippen LogP contribution >= 0.6 is 0 Å². The Balaban J connectivity index is 1.63. The summed E-state index contributed by atoms with van der Waals surface area (Å²) in [6.45, 7) is 3.53. The van der Waals surface area contributed by atoms with Crippen LogP contribution in [0.4, 0.5) is 0 Å². The second kappa shape index (κ2) is 6.37. The molecule has 0 aromatic heterocycles. The van der Waals surface area contributed by atoms with Crippen LogP contribution < -0.4 is 0 Å². The first-order chi connectivity index (χ1) is 10.2. The smallest absolute Gasteiger partial charge is 0.228 e. The minimum absolute atomic E-state index is 0.0846. The summed E-state index contributed by atoms with van der Waals surface area (Å²) in [5.41, 5.74) is 0. The van der Waals surface area contributed by atoms with Gasteiger partial charge >= 0.3 is 0 Å². The minimum Gasteiger partial charge on any atom is -0.340 e. The van der Waals surface area contributed by atoms with Crippen LogP contribution in [-0.2, 0) is 9.59 Å². The molecular weight excluding hydrogens is 264 g/mol. The number of rotatable bonds is 4. The van der Waals surface area contributed by atoms with Gasteiger partial charge in [0.2, 0.25) is 11.8 Å². The van der Waals surface area contributed by atoms with E-state index in [1.54, 1.807) is 0 Å². The van der Waals surface area contributed by atoms with Gasteiger partial charge in [-0.1, -0.05) is 25.7 Å². The Hall–Kier alpha value is -1.06. The van der Waals surface area contributed by atoms with E-state index < -0.39 is 0 Å². The number of carbonyl (C=O) groups is 2. The maximum absolute atomic E-state index is 12.8. The summed E-state index contributed by atoms with van der Waals surface area (Å²) in [5.74, 6) is 0.361. The minimum atomic E-state index is -0.0846. The molecule has 118 valence electrons. The molecule has 0 bridgehead atoms. The van der Waals surface area contributed by atoms with Crippen LogP contribution in [0.25, 0.3) is 0 Å². The lowest BCUT2D eigenvalue weighted by molar-refractivity contribution is -0.137. The van der Waals surface area contributed by atoms with Crippen molar-refractivity contribution < 1.29 is 9.59 Å². The number of likely N-dealkylation sites (tertiary alicyclic amines) is 1. The van der Waals surface area contributed by atoms with E-state index in [-0.39, 0.29) is 17.7 Å². The second-order valence-electron chi connectivity index (χ2n) is 6.95. The zero-order valence-electron chi connectivity index (χ0n) is 13.2. The van der Waals surface area contributed by atoms with Crippen molar-refractivity contribution in [3.63, 3.8) is 0 Å². The van der Waals surface area contributed by atoms with Gasteiger partial charge in [-0.25, -0.2) is 0 Å². The Morgan fingerprint density at radius 3 is 2.38 bits per heavy atom. The first-order valence-corrected chi connectivity index (χ1v) is 8.80. The van der Waals surface area contributed by atoms with E-state index in [4.69, 9.17) is 0 Å². The van der Waals surface area contributed by atoms with Crippen molar-refractivity contribution in [1.29, 1.82) is 0 Å². The molecule has 1 atom stereocenters. The third kappa shape index (κ3) is 2.95. The molecule has 3 aliphatic rings. The molecule has 2 amide bonds. The van der Waals surface area contributed by atoms with Crippen LogP contribution in [0.2, 0.25) is 0 Å². The lowest BCUT2D eigenvalue weighted by atomic mass is 10.0. The zero-order valence-corrected chi connectivity index (χ0v) is 13.2. The van der Waals surface area contributed by atoms with E-state index in [1.165, 1.54) is 25.7 Å². The molecule has 2 aliphatic carbocycles. The van der Waals surface area contributed by atoms with Crippen LogP contribution in [-0.4, -0.2) is 46.8 Å². The highest BCUT2D eigenvalue weighted by Crippen LogP contribution is 2.31. The molecule has 2 saturated carbocycles. The predicted molar refractivity (Wildman–Crippen MR) is 81.7 cm³/mol. The van der Waals surface area contributed by atoms with E-state index in [2.05, 4.69) is 11.8 Å². The first kappa shape index (κ1) is 14.9. The molecular formula is C17H28N2O2. The molecule has 0 N–H and O–H groups in total. The molecule has 4 heteroatoms. The molecule has 3 rings (SSSR count). The van der Waals surface area contributed by atoms with E-state index in [1.807, 2.05) is 4.90 Å². The van der Waals surface area contributed by atoms with Crippen molar-refractivity contribution in [1.82, 2.24) is 9.80 Å². The van der Waals surface area contributed by atoms with Gasteiger partial charge in [0, 0.05) is 31.6 Å². The Labute approximate surface area is 127 Å². The highest BCUT2D eigenvalue weighted by atomic mass is 16.2. The fourth-order valence-corrected chi connectivity index (χ4v) is 4.51. The fraction of sp³-hybridized carbons (Fsp3) is 0.882. The number of carbonyl (C=O) groups excluding carboxylic acids is 2. The van der Waals surface area contributed by atoms with Crippen molar-refractivity contribution in [2.24, 2.45) is 5.92 Å². The van der Waals surface area contributed by atoms with E-state index in [9.17, 15) is 9.59 Å². The van der Waals surface area contributed by atoms with Gasteiger partial charge in [-0.3, -0.25) is 9.59 Å². The Kier molecular flexibility index (Phi) is 4.51. The lowest BCUT2D eigenvalue weighted by Gasteiger charge is -2.30. The average molecular weight is 292 g/mol. The molecule has 1 aliphatic heterocycles. The molecule has 21 heavy (non-hydrogen) atoms. The van der Waals surface area contributed by atoms with Gasteiger partial charge in [-0.2, -0.15) is 0 Å². The van der Waals surface area contributed by atoms with Crippen LogP contribution in [0.1, 0.15) is 64.7 Å². The molecule has 0 aromatic carbocycles. The van der Waals surface area contributed by atoms with Gasteiger partial charge in [0.25, 0.3) is 0 Å². The molecule has 1 unspecified atom stereocenters.